The molecule has 116 valence electrons. The maximum atomic E-state index is 12.9. The van der Waals surface area contributed by atoms with Gasteiger partial charge in [0, 0.05) is 25.2 Å². The van der Waals surface area contributed by atoms with E-state index in [9.17, 15) is 14.0 Å². The number of halogens is 1. The van der Waals surface area contributed by atoms with E-state index in [1.54, 1.807) is 12.1 Å². The van der Waals surface area contributed by atoms with Gasteiger partial charge in [-0.15, -0.1) is 0 Å². The lowest BCUT2D eigenvalue weighted by molar-refractivity contribution is -0.137. The Morgan fingerprint density at radius 1 is 1.33 bits per heavy atom. The number of hydrogen-bond acceptors (Lipinski definition) is 2. The second-order valence-electron chi connectivity index (χ2n) is 4.94. The first-order chi connectivity index (χ1) is 9.93. The maximum Gasteiger partial charge on any atom is 0.321 e. The molecule has 6 heteroatoms. The number of aliphatic carboxylic acids is 1. The van der Waals surface area contributed by atoms with Crippen molar-refractivity contribution in [3.05, 3.63) is 30.1 Å². The standard InChI is InChI=1S/C15H21FN2O3/c1-3-18(13-7-5-12(16)6-8-13)15(21)17-10-11(2)4-9-14(19)20/h5-8,11H,3-4,9-10H2,1-2H3,(H,17,21)(H,19,20). The molecule has 0 heterocycles. The van der Waals surface area contributed by atoms with Crippen molar-refractivity contribution in [2.75, 3.05) is 18.0 Å². The number of rotatable bonds is 7. The SMILES string of the molecule is CCN(C(=O)NCC(C)CCC(=O)O)c1ccc(F)cc1. The summed E-state index contributed by atoms with van der Waals surface area (Å²) in [5.41, 5.74) is 0.620. The summed E-state index contributed by atoms with van der Waals surface area (Å²) in [5, 5.41) is 11.4. The van der Waals surface area contributed by atoms with Crippen molar-refractivity contribution in [2.45, 2.75) is 26.7 Å². The zero-order chi connectivity index (χ0) is 15.8. The van der Waals surface area contributed by atoms with Crippen molar-refractivity contribution in [3.8, 4) is 0 Å². The van der Waals surface area contributed by atoms with Crippen molar-refractivity contribution >= 4 is 17.7 Å². The Morgan fingerprint density at radius 3 is 2.48 bits per heavy atom. The minimum absolute atomic E-state index is 0.0805. The second kappa shape index (κ2) is 8.24. The van der Waals surface area contributed by atoms with E-state index in [0.717, 1.165) is 0 Å². The fourth-order valence-corrected chi connectivity index (χ4v) is 1.89. The molecule has 2 amide bonds. The van der Waals surface area contributed by atoms with Crippen molar-refractivity contribution in [1.82, 2.24) is 5.32 Å². The van der Waals surface area contributed by atoms with Gasteiger partial charge in [0.25, 0.3) is 0 Å². The molecule has 1 aromatic rings. The molecule has 1 atom stereocenters. The molecule has 0 aliphatic heterocycles. The third-order valence-corrected chi connectivity index (χ3v) is 3.15. The summed E-state index contributed by atoms with van der Waals surface area (Å²) in [5.74, 6) is -1.11. The maximum absolute atomic E-state index is 12.9. The Morgan fingerprint density at radius 2 is 1.95 bits per heavy atom. The number of carbonyl (C=O) groups excluding carboxylic acids is 1. The highest BCUT2D eigenvalue weighted by Crippen LogP contribution is 2.15. The number of nitrogens with zero attached hydrogens (tertiary/aromatic N) is 1. The number of carbonyl (C=O) groups is 2. The molecule has 0 spiro atoms. The van der Waals surface area contributed by atoms with Gasteiger partial charge in [0.05, 0.1) is 0 Å². The topological polar surface area (TPSA) is 69.6 Å². The average Bonchev–Trinajstić information content (AvgIpc) is 2.45. The van der Waals surface area contributed by atoms with Gasteiger partial charge in [0.2, 0.25) is 0 Å². The number of nitrogens with one attached hydrogen (secondary N) is 1. The fraction of sp³-hybridized carbons (Fsp3) is 0.467. The first kappa shape index (κ1) is 16.9. The summed E-state index contributed by atoms with van der Waals surface area (Å²) in [6.45, 7) is 4.58. The molecular weight excluding hydrogens is 275 g/mol. The Bertz CT molecular complexity index is 476. The van der Waals surface area contributed by atoms with Gasteiger partial charge >= 0.3 is 12.0 Å². The number of anilines is 1. The van der Waals surface area contributed by atoms with Crippen LogP contribution in [0.25, 0.3) is 0 Å². The van der Waals surface area contributed by atoms with Gasteiger partial charge in [-0.05, 0) is 43.5 Å². The molecule has 1 aromatic carbocycles. The Labute approximate surface area is 123 Å². The third kappa shape index (κ3) is 5.81. The Hall–Kier alpha value is -2.11. The van der Waals surface area contributed by atoms with E-state index in [-0.39, 0.29) is 24.2 Å². The fourth-order valence-electron chi connectivity index (χ4n) is 1.89. The highest BCUT2D eigenvalue weighted by atomic mass is 19.1. The van der Waals surface area contributed by atoms with E-state index < -0.39 is 5.97 Å². The lowest BCUT2D eigenvalue weighted by Gasteiger charge is -2.22. The van der Waals surface area contributed by atoms with Crippen LogP contribution < -0.4 is 10.2 Å². The molecular formula is C15H21FN2O3. The minimum Gasteiger partial charge on any atom is -0.481 e. The molecule has 0 aromatic heterocycles. The van der Waals surface area contributed by atoms with E-state index in [2.05, 4.69) is 5.32 Å². The third-order valence-electron chi connectivity index (χ3n) is 3.15. The molecule has 0 saturated heterocycles. The zero-order valence-corrected chi connectivity index (χ0v) is 12.3. The largest absolute Gasteiger partial charge is 0.481 e. The van der Waals surface area contributed by atoms with Crippen molar-refractivity contribution in [3.63, 3.8) is 0 Å². The summed E-state index contributed by atoms with van der Waals surface area (Å²) in [4.78, 5) is 24.1. The van der Waals surface area contributed by atoms with Gasteiger partial charge in [-0.2, -0.15) is 0 Å². The van der Waals surface area contributed by atoms with Gasteiger partial charge in [0.15, 0.2) is 0 Å². The lowest BCUT2D eigenvalue weighted by Crippen LogP contribution is -2.41. The first-order valence-corrected chi connectivity index (χ1v) is 6.96. The molecule has 21 heavy (non-hydrogen) atoms. The average molecular weight is 296 g/mol. The predicted molar refractivity (Wildman–Crippen MR) is 78.9 cm³/mol. The van der Waals surface area contributed by atoms with E-state index in [0.29, 0.717) is 25.2 Å². The van der Waals surface area contributed by atoms with Crippen molar-refractivity contribution in [1.29, 1.82) is 0 Å². The van der Waals surface area contributed by atoms with Gasteiger partial charge in [-0.3, -0.25) is 9.69 Å². The molecule has 0 aliphatic rings. The van der Waals surface area contributed by atoms with Crippen molar-refractivity contribution < 1.29 is 19.1 Å². The number of amides is 2. The zero-order valence-electron chi connectivity index (χ0n) is 12.3. The summed E-state index contributed by atoms with van der Waals surface area (Å²) in [7, 11) is 0. The van der Waals surface area contributed by atoms with Crippen LogP contribution in [0.3, 0.4) is 0 Å². The number of hydrogen-bond donors (Lipinski definition) is 2. The first-order valence-electron chi connectivity index (χ1n) is 6.96. The van der Waals surface area contributed by atoms with Gasteiger partial charge in [-0.1, -0.05) is 6.92 Å². The summed E-state index contributed by atoms with van der Waals surface area (Å²) in [6.07, 6.45) is 0.602. The van der Waals surface area contributed by atoms with Gasteiger partial charge in [0.1, 0.15) is 5.82 Å². The van der Waals surface area contributed by atoms with Crippen LogP contribution in [0.5, 0.6) is 0 Å². The predicted octanol–water partition coefficient (Wildman–Crippen LogP) is 2.86. The summed E-state index contributed by atoms with van der Waals surface area (Å²) >= 11 is 0. The Balaban J connectivity index is 2.52. The number of carboxylic acids is 1. The molecule has 2 N–H and O–H groups in total. The number of carboxylic acid groups (broad SMARTS) is 1. The van der Waals surface area contributed by atoms with Gasteiger partial charge in [-0.25, -0.2) is 9.18 Å². The van der Waals surface area contributed by atoms with Crippen LogP contribution in [0.15, 0.2) is 24.3 Å². The highest BCUT2D eigenvalue weighted by molar-refractivity contribution is 5.91. The lowest BCUT2D eigenvalue weighted by atomic mass is 10.1. The molecule has 0 radical (unpaired) electrons. The normalized spacial score (nSPS) is 11.8. The molecule has 5 nitrogen and oxygen atoms in total. The molecule has 0 aliphatic carbocycles. The number of urea groups is 1. The quantitative estimate of drug-likeness (QED) is 0.813. The molecule has 0 fully saturated rings. The van der Waals surface area contributed by atoms with Crippen LogP contribution in [-0.2, 0) is 4.79 Å². The van der Waals surface area contributed by atoms with Crippen LogP contribution in [0.1, 0.15) is 26.7 Å². The minimum atomic E-state index is -0.838. The van der Waals surface area contributed by atoms with E-state index in [4.69, 9.17) is 5.11 Å². The van der Waals surface area contributed by atoms with Crippen LogP contribution in [0.4, 0.5) is 14.9 Å². The van der Waals surface area contributed by atoms with Crippen LogP contribution in [0, 0.1) is 11.7 Å². The molecule has 0 saturated carbocycles. The molecule has 0 bridgehead atoms. The molecule has 1 rings (SSSR count). The number of benzene rings is 1. The van der Waals surface area contributed by atoms with E-state index in [1.807, 2.05) is 13.8 Å². The van der Waals surface area contributed by atoms with E-state index in [1.165, 1.54) is 17.0 Å². The smallest absolute Gasteiger partial charge is 0.321 e. The van der Waals surface area contributed by atoms with E-state index >= 15 is 0 Å². The summed E-state index contributed by atoms with van der Waals surface area (Å²) in [6, 6.07) is 5.44. The monoisotopic (exact) mass is 296 g/mol. The summed E-state index contributed by atoms with van der Waals surface area (Å²) < 4.78 is 12.9. The van der Waals surface area contributed by atoms with Gasteiger partial charge < -0.3 is 10.4 Å². The van der Waals surface area contributed by atoms with Crippen LogP contribution in [0.2, 0.25) is 0 Å². The highest BCUT2D eigenvalue weighted by Gasteiger charge is 2.14. The molecule has 1 unspecified atom stereocenters. The van der Waals surface area contributed by atoms with Crippen LogP contribution in [-0.4, -0.2) is 30.2 Å². The Kier molecular flexibility index (Phi) is 6.65. The van der Waals surface area contributed by atoms with Crippen molar-refractivity contribution in [2.24, 2.45) is 5.92 Å². The second-order valence-corrected chi connectivity index (χ2v) is 4.94. The van der Waals surface area contributed by atoms with Crippen LogP contribution >= 0.6 is 0 Å².